The van der Waals surface area contributed by atoms with Gasteiger partial charge in [0.25, 0.3) is 0 Å². The third-order valence-electron chi connectivity index (χ3n) is 2.85. The summed E-state index contributed by atoms with van der Waals surface area (Å²) >= 11 is 1.71. The van der Waals surface area contributed by atoms with E-state index in [1.165, 1.54) is 4.88 Å². The van der Waals surface area contributed by atoms with Crippen LogP contribution in [0.5, 0.6) is 0 Å². The second-order valence-corrected chi connectivity index (χ2v) is 6.13. The number of rotatable bonds is 7. The van der Waals surface area contributed by atoms with Crippen molar-refractivity contribution in [2.24, 2.45) is 5.92 Å². The third-order valence-corrected chi connectivity index (χ3v) is 3.75. The first-order valence-electron chi connectivity index (χ1n) is 6.29. The molecule has 1 aromatic rings. The molecule has 0 bridgehead atoms. The Balaban J connectivity index is 2.30. The van der Waals surface area contributed by atoms with Crippen LogP contribution in [0.1, 0.15) is 18.7 Å². The van der Waals surface area contributed by atoms with E-state index in [-0.39, 0.29) is 19.2 Å². The van der Waals surface area contributed by atoms with E-state index < -0.39 is 5.54 Å². The quantitative estimate of drug-likeness (QED) is 0.603. The van der Waals surface area contributed by atoms with Gasteiger partial charge in [0.15, 0.2) is 0 Å². The molecule has 2 amide bonds. The number of aliphatic hydroxyl groups is 2. The highest BCUT2D eigenvalue weighted by atomic mass is 32.1. The number of carbonyl (C=O) groups excluding carboxylic acids is 1. The molecule has 5 nitrogen and oxygen atoms in total. The van der Waals surface area contributed by atoms with Crippen molar-refractivity contribution < 1.29 is 15.0 Å². The molecule has 1 heterocycles. The summed E-state index contributed by atoms with van der Waals surface area (Å²) in [6.45, 7) is 3.60. The Hall–Kier alpha value is -1.11. The van der Waals surface area contributed by atoms with Crippen molar-refractivity contribution in [3.8, 4) is 0 Å². The second-order valence-electron chi connectivity index (χ2n) is 5.10. The van der Waals surface area contributed by atoms with Gasteiger partial charge in [-0.2, -0.15) is 0 Å². The van der Waals surface area contributed by atoms with Gasteiger partial charge < -0.3 is 20.8 Å². The van der Waals surface area contributed by atoms with E-state index in [9.17, 15) is 4.79 Å². The number of nitrogens with one attached hydrogen (secondary N) is 2. The zero-order valence-electron chi connectivity index (χ0n) is 11.3. The maximum Gasteiger partial charge on any atom is 0.315 e. The SMILES string of the molecule is CC(CNC(=O)NC(C)(CO)CO)Cc1cccs1. The zero-order valence-corrected chi connectivity index (χ0v) is 12.2. The van der Waals surface area contributed by atoms with Gasteiger partial charge in [0.2, 0.25) is 0 Å². The van der Waals surface area contributed by atoms with Gasteiger partial charge in [-0.3, -0.25) is 0 Å². The van der Waals surface area contributed by atoms with Crippen LogP contribution in [0, 0.1) is 5.92 Å². The Morgan fingerprint density at radius 3 is 2.68 bits per heavy atom. The summed E-state index contributed by atoms with van der Waals surface area (Å²) < 4.78 is 0. The van der Waals surface area contributed by atoms with Crippen LogP contribution in [0.25, 0.3) is 0 Å². The molecule has 1 aromatic heterocycles. The first-order chi connectivity index (χ1) is 8.99. The van der Waals surface area contributed by atoms with Crippen molar-refractivity contribution in [1.82, 2.24) is 10.6 Å². The Kier molecular flexibility index (Phi) is 6.27. The van der Waals surface area contributed by atoms with Gasteiger partial charge in [0.05, 0.1) is 18.8 Å². The van der Waals surface area contributed by atoms with Crippen LogP contribution in [0.15, 0.2) is 17.5 Å². The van der Waals surface area contributed by atoms with Gasteiger partial charge >= 0.3 is 6.03 Å². The van der Waals surface area contributed by atoms with Crippen LogP contribution in [-0.2, 0) is 6.42 Å². The molecule has 0 saturated carbocycles. The fraction of sp³-hybridized carbons (Fsp3) is 0.615. The molecule has 1 rings (SSSR count). The van der Waals surface area contributed by atoms with Gasteiger partial charge in [0.1, 0.15) is 0 Å². The minimum Gasteiger partial charge on any atom is -0.394 e. The van der Waals surface area contributed by atoms with E-state index in [0.717, 1.165) is 6.42 Å². The smallest absolute Gasteiger partial charge is 0.315 e. The minimum absolute atomic E-state index is 0.304. The maximum absolute atomic E-state index is 11.6. The van der Waals surface area contributed by atoms with Gasteiger partial charge in [-0.05, 0) is 30.7 Å². The fourth-order valence-electron chi connectivity index (χ4n) is 1.56. The van der Waals surface area contributed by atoms with Crippen molar-refractivity contribution in [1.29, 1.82) is 0 Å². The molecule has 0 aliphatic heterocycles. The lowest BCUT2D eigenvalue weighted by Gasteiger charge is -2.26. The topological polar surface area (TPSA) is 81.6 Å². The summed E-state index contributed by atoms with van der Waals surface area (Å²) in [4.78, 5) is 12.9. The maximum atomic E-state index is 11.6. The lowest BCUT2D eigenvalue weighted by atomic mass is 10.1. The predicted molar refractivity (Wildman–Crippen MR) is 76.3 cm³/mol. The van der Waals surface area contributed by atoms with Gasteiger partial charge in [-0.25, -0.2) is 4.79 Å². The van der Waals surface area contributed by atoms with Crippen LogP contribution in [0.3, 0.4) is 0 Å². The van der Waals surface area contributed by atoms with E-state index >= 15 is 0 Å². The van der Waals surface area contributed by atoms with Crippen molar-refractivity contribution in [3.05, 3.63) is 22.4 Å². The Bertz CT molecular complexity index is 377. The van der Waals surface area contributed by atoms with Crippen LogP contribution in [0.4, 0.5) is 4.79 Å². The first kappa shape index (κ1) is 15.9. The molecule has 1 atom stereocenters. The molecular weight excluding hydrogens is 264 g/mol. The van der Waals surface area contributed by atoms with Crippen molar-refractivity contribution in [3.63, 3.8) is 0 Å². The first-order valence-corrected chi connectivity index (χ1v) is 7.17. The van der Waals surface area contributed by atoms with E-state index in [4.69, 9.17) is 10.2 Å². The minimum atomic E-state index is -0.985. The second kappa shape index (κ2) is 7.47. The number of urea groups is 1. The highest BCUT2D eigenvalue weighted by molar-refractivity contribution is 7.09. The van der Waals surface area contributed by atoms with E-state index in [2.05, 4.69) is 23.6 Å². The van der Waals surface area contributed by atoms with Gasteiger partial charge in [-0.15, -0.1) is 11.3 Å². The van der Waals surface area contributed by atoms with Crippen LogP contribution >= 0.6 is 11.3 Å². The average molecular weight is 286 g/mol. The van der Waals surface area contributed by atoms with Gasteiger partial charge in [0, 0.05) is 11.4 Å². The normalized spacial score (nSPS) is 13.1. The number of amides is 2. The number of carbonyl (C=O) groups is 1. The molecule has 108 valence electrons. The lowest BCUT2D eigenvalue weighted by molar-refractivity contribution is 0.109. The lowest BCUT2D eigenvalue weighted by Crippen LogP contribution is -2.55. The number of hydrogen-bond donors (Lipinski definition) is 4. The van der Waals surface area contributed by atoms with E-state index in [1.54, 1.807) is 18.3 Å². The van der Waals surface area contributed by atoms with Gasteiger partial charge in [-0.1, -0.05) is 13.0 Å². The Morgan fingerprint density at radius 1 is 1.47 bits per heavy atom. The third kappa shape index (κ3) is 5.59. The highest BCUT2D eigenvalue weighted by Gasteiger charge is 2.24. The van der Waals surface area contributed by atoms with Crippen LogP contribution < -0.4 is 10.6 Å². The molecule has 6 heteroatoms. The monoisotopic (exact) mass is 286 g/mol. The predicted octanol–water partition coefficient (Wildman–Crippen LogP) is 0.969. The number of hydrogen-bond acceptors (Lipinski definition) is 4. The zero-order chi connectivity index (χ0) is 14.3. The molecule has 0 fully saturated rings. The van der Waals surface area contributed by atoms with Crippen molar-refractivity contribution in [2.45, 2.75) is 25.8 Å². The molecule has 0 aliphatic carbocycles. The number of thiophene rings is 1. The van der Waals surface area contributed by atoms with Crippen molar-refractivity contribution >= 4 is 17.4 Å². The summed E-state index contributed by atoms with van der Waals surface area (Å²) in [5.41, 5.74) is -0.985. The molecule has 0 aliphatic rings. The molecule has 19 heavy (non-hydrogen) atoms. The standard InChI is InChI=1S/C13H22N2O3S/c1-10(6-11-4-3-5-19-11)7-14-12(18)15-13(2,8-16)9-17/h3-5,10,16-17H,6-9H2,1-2H3,(H2,14,15,18). The summed E-state index contributed by atoms with van der Waals surface area (Å²) in [5, 5.41) is 25.5. The highest BCUT2D eigenvalue weighted by Crippen LogP contribution is 2.13. The summed E-state index contributed by atoms with van der Waals surface area (Å²) in [6, 6.07) is 3.72. The number of aliphatic hydroxyl groups excluding tert-OH is 2. The Labute approximate surface area is 117 Å². The Morgan fingerprint density at radius 2 is 2.16 bits per heavy atom. The summed E-state index contributed by atoms with van der Waals surface area (Å²) in [7, 11) is 0. The van der Waals surface area contributed by atoms with E-state index in [1.807, 2.05) is 11.4 Å². The average Bonchev–Trinajstić information content (AvgIpc) is 2.89. The van der Waals surface area contributed by atoms with Crippen LogP contribution in [-0.4, -0.2) is 41.5 Å². The molecule has 0 saturated heterocycles. The van der Waals surface area contributed by atoms with Crippen LogP contribution in [0.2, 0.25) is 0 Å². The van der Waals surface area contributed by atoms with Crippen molar-refractivity contribution in [2.75, 3.05) is 19.8 Å². The summed E-state index contributed by atoms with van der Waals surface area (Å²) in [6.07, 6.45) is 0.926. The summed E-state index contributed by atoms with van der Waals surface area (Å²) in [5.74, 6) is 0.332. The molecule has 0 radical (unpaired) electrons. The molecule has 0 spiro atoms. The largest absolute Gasteiger partial charge is 0.394 e. The molecule has 0 aromatic carbocycles. The van der Waals surface area contributed by atoms with E-state index in [0.29, 0.717) is 12.5 Å². The molecule has 1 unspecified atom stereocenters. The fourth-order valence-corrected chi connectivity index (χ4v) is 2.43. The molecule has 4 N–H and O–H groups in total. The molecular formula is C13H22N2O3S.